The largest absolute Gasteiger partial charge is 0.385 e. The topological polar surface area (TPSA) is 44.0 Å². The van der Waals surface area contributed by atoms with Crippen molar-refractivity contribution in [2.75, 3.05) is 31.5 Å². The molecule has 3 saturated heterocycles. The van der Waals surface area contributed by atoms with Gasteiger partial charge in [0.15, 0.2) is 0 Å². The maximum absolute atomic E-state index is 4.06. The van der Waals surface area contributed by atoms with Crippen LogP contribution in [0.5, 0.6) is 0 Å². The van der Waals surface area contributed by atoms with Crippen molar-refractivity contribution in [2.45, 2.75) is 12.8 Å². The summed E-state index contributed by atoms with van der Waals surface area (Å²) >= 11 is 0. The summed E-state index contributed by atoms with van der Waals surface area (Å²) in [6.07, 6.45) is 4.66. The van der Waals surface area contributed by atoms with E-state index >= 15 is 0 Å². The fourth-order valence-electron chi connectivity index (χ4n) is 3.61. The molecule has 19 heavy (non-hydrogen) atoms. The molecule has 3 aliphatic heterocycles. The third-order valence-corrected chi connectivity index (χ3v) is 4.80. The molecule has 0 spiro atoms. The summed E-state index contributed by atoms with van der Waals surface area (Å²) in [5, 5.41) is 11.9. The highest BCUT2D eigenvalue weighted by Gasteiger charge is 2.33. The number of hydrogen-bond donors (Lipinski definition) is 2. The van der Waals surface area contributed by atoms with E-state index in [1.807, 2.05) is 6.20 Å². The Kier molecular flexibility index (Phi) is 2.69. The second-order valence-electron chi connectivity index (χ2n) is 5.95. The van der Waals surface area contributed by atoms with Gasteiger partial charge in [-0.05, 0) is 56.0 Å². The van der Waals surface area contributed by atoms with Gasteiger partial charge in [0.1, 0.15) is 0 Å². The summed E-state index contributed by atoms with van der Waals surface area (Å²) < 4.78 is 0. The average molecular weight is 256 g/mol. The van der Waals surface area contributed by atoms with Gasteiger partial charge in [-0.25, -0.2) is 0 Å². The Morgan fingerprint density at radius 3 is 3.00 bits per heavy atom. The first-order chi connectivity index (χ1) is 9.38. The number of H-pyrrole nitrogens is 1. The minimum atomic E-state index is 0.819. The van der Waals surface area contributed by atoms with Crippen LogP contribution < -0.4 is 5.32 Å². The molecule has 4 nitrogen and oxygen atoms in total. The molecule has 2 N–H and O–H groups in total. The zero-order chi connectivity index (χ0) is 12.7. The Labute approximate surface area is 113 Å². The third-order valence-electron chi connectivity index (χ3n) is 4.80. The predicted octanol–water partition coefficient (Wildman–Crippen LogP) is 2.32. The minimum Gasteiger partial charge on any atom is -0.385 e. The van der Waals surface area contributed by atoms with Crippen LogP contribution in [0, 0.1) is 11.8 Å². The molecule has 3 aliphatic rings. The van der Waals surface area contributed by atoms with Gasteiger partial charge in [0.2, 0.25) is 0 Å². The van der Waals surface area contributed by atoms with Crippen molar-refractivity contribution < 1.29 is 0 Å². The highest BCUT2D eigenvalue weighted by atomic mass is 15.2. The van der Waals surface area contributed by atoms with E-state index in [1.54, 1.807) is 0 Å². The van der Waals surface area contributed by atoms with E-state index in [2.05, 4.69) is 38.6 Å². The standard InChI is InChI=1S/C15H20N4/c1-2-14(7-15-12(1)9-17-18-15)16-8-13-10-19-5-3-11(13)4-6-19/h1-2,7,9,11,13,16H,3-6,8,10H2,(H,17,18). The molecule has 0 amide bonds. The molecule has 1 aromatic heterocycles. The number of rotatable bonds is 3. The van der Waals surface area contributed by atoms with Gasteiger partial charge in [-0.2, -0.15) is 5.10 Å². The summed E-state index contributed by atoms with van der Waals surface area (Å²) in [4.78, 5) is 2.62. The van der Waals surface area contributed by atoms with Gasteiger partial charge in [0.25, 0.3) is 0 Å². The maximum Gasteiger partial charge on any atom is 0.0670 e. The van der Waals surface area contributed by atoms with Gasteiger partial charge in [-0.15, -0.1) is 0 Å². The molecule has 1 unspecified atom stereocenters. The molecule has 1 aromatic carbocycles. The Bertz CT molecular complexity index is 568. The smallest absolute Gasteiger partial charge is 0.0670 e. The lowest BCUT2D eigenvalue weighted by Crippen LogP contribution is -2.49. The number of piperidine rings is 3. The van der Waals surface area contributed by atoms with Gasteiger partial charge in [-0.1, -0.05) is 0 Å². The molecule has 3 fully saturated rings. The van der Waals surface area contributed by atoms with Crippen LogP contribution >= 0.6 is 0 Å². The van der Waals surface area contributed by atoms with Crippen LogP contribution in [0.15, 0.2) is 24.4 Å². The molecule has 0 aliphatic carbocycles. The van der Waals surface area contributed by atoms with E-state index in [1.165, 1.54) is 43.5 Å². The number of aromatic nitrogens is 2. The first-order valence-electron chi connectivity index (χ1n) is 7.28. The normalized spacial score (nSPS) is 29.8. The molecular formula is C15H20N4. The predicted molar refractivity (Wildman–Crippen MR) is 77.2 cm³/mol. The van der Waals surface area contributed by atoms with Crippen molar-refractivity contribution in [2.24, 2.45) is 11.8 Å². The Balaban J connectivity index is 1.44. The number of nitrogens with one attached hydrogen (secondary N) is 2. The summed E-state index contributed by atoms with van der Waals surface area (Å²) in [6.45, 7) is 5.02. The fourth-order valence-corrected chi connectivity index (χ4v) is 3.61. The second-order valence-corrected chi connectivity index (χ2v) is 5.95. The lowest BCUT2D eigenvalue weighted by molar-refractivity contribution is 0.0574. The Morgan fingerprint density at radius 1 is 1.32 bits per heavy atom. The van der Waals surface area contributed by atoms with Crippen LogP contribution in [0.25, 0.3) is 10.9 Å². The van der Waals surface area contributed by atoms with Crippen LogP contribution in [0.2, 0.25) is 0 Å². The van der Waals surface area contributed by atoms with Crippen molar-refractivity contribution in [1.82, 2.24) is 15.1 Å². The van der Waals surface area contributed by atoms with Gasteiger partial charge < -0.3 is 10.2 Å². The van der Waals surface area contributed by atoms with Crippen LogP contribution in [0.4, 0.5) is 5.69 Å². The first-order valence-corrected chi connectivity index (χ1v) is 7.28. The molecule has 1 atom stereocenters. The highest BCUT2D eigenvalue weighted by molar-refractivity contribution is 5.81. The quantitative estimate of drug-likeness (QED) is 0.885. The van der Waals surface area contributed by atoms with Crippen LogP contribution in [-0.2, 0) is 0 Å². The SMILES string of the molecule is c1cc2cn[nH]c2cc1NCC1CN2CCC1CC2. The molecule has 0 radical (unpaired) electrons. The number of fused-ring (bicyclic) bond motifs is 4. The Hall–Kier alpha value is -1.55. The highest BCUT2D eigenvalue weighted by Crippen LogP contribution is 2.32. The molecule has 5 rings (SSSR count). The number of benzene rings is 1. The van der Waals surface area contributed by atoms with E-state index in [-0.39, 0.29) is 0 Å². The van der Waals surface area contributed by atoms with Crippen molar-refractivity contribution >= 4 is 16.6 Å². The van der Waals surface area contributed by atoms with Gasteiger partial charge in [0, 0.05) is 24.2 Å². The van der Waals surface area contributed by atoms with Crippen LogP contribution in [-0.4, -0.2) is 41.3 Å². The number of anilines is 1. The second kappa shape index (κ2) is 4.53. The van der Waals surface area contributed by atoms with Crippen molar-refractivity contribution in [3.8, 4) is 0 Å². The summed E-state index contributed by atoms with van der Waals surface area (Å²) in [5.74, 6) is 1.76. The summed E-state index contributed by atoms with van der Waals surface area (Å²) in [6, 6.07) is 6.43. The van der Waals surface area contributed by atoms with E-state index < -0.39 is 0 Å². The lowest BCUT2D eigenvalue weighted by Gasteiger charge is -2.45. The van der Waals surface area contributed by atoms with Gasteiger partial charge >= 0.3 is 0 Å². The fraction of sp³-hybridized carbons (Fsp3) is 0.533. The molecule has 2 aromatic rings. The maximum atomic E-state index is 4.06. The zero-order valence-corrected chi connectivity index (χ0v) is 11.1. The number of nitrogens with zero attached hydrogens (tertiary/aromatic N) is 2. The van der Waals surface area contributed by atoms with E-state index in [4.69, 9.17) is 0 Å². The molecule has 4 heterocycles. The van der Waals surface area contributed by atoms with Gasteiger partial charge in [0.05, 0.1) is 11.7 Å². The number of hydrogen-bond acceptors (Lipinski definition) is 3. The van der Waals surface area contributed by atoms with Gasteiger partial charge in [-0.3, -0.25) is 5.10 Å². The van der Waals surface area contributed by atoms with Crippen LogP contribution in [0.3, 0.4) is 0 Å². The molecule has 2 bridgehead atoms. The first kappa shape index (κ1) is 11.3. The minimum absolute atomic E-state index is 0.819. The lowest BCUT2D eigenvalue weighted by atomic mass is 9.79. The van der Waals surface area contributed by atoms with Crippen molar-refractivity contribution in [3.63, 3.8) is 0 Å². The van der Waals surface area contributed by atoms with Crippen molar-refractivity contribution in [1.29, 1.82) is 0 Å². The monoisotopic (exact) mass is 256 g/mol. The average Bonchev–Trinajstić information content (AvgIpc) is 2.94. The van der Waals surface area contributed by atoms with E-state index in [0.29, 0.717) is 0 Å². The van der Waals surface area contributed by atoms with Crippen LogP contribution in [0.1, 0.15) is 12.8 Å². The zero-order valence-electron chi connectivity index (χ0n) is 11.1. The molecule has 4 heteroatoms. The molecule has 0 saturated carbocycles. The summed E-state index contributed by atoms with van der Waals surface area (Å²) in [7, 11) is 0. The third kappa shape index (κ3) is 2.10. The number of aromatic amines is 1. The summed E-state index contributed by atoms with van der Waals surface area (Å²) in [5.41, 5.74) is 2.31. The molecule has 100 valence electrons. The van der Waals surface area contributed by atoms with E-state index in [9.17, 15) is 0 Å². The van der Waals surface area contributed by atoms with Crippen molar-refractivity contribution in [3.05, 3.63) is 24.4 Å². The van der Waals surface area contributed by atoms with E-state index in [0.717, 1.165) is 23.9 Å². The Morgan fingerprint density at radius 2 is 2.21 bits per heavy atom. The molecular weight excluding hydrogens is 236 g/mol.